The van der Waals surface area contributed by atoms with Gasteiger partial charge in [-0.1, -0.05) is 12.1 Å². The number of amides is 1. The normalized spacial score (nSPS) is 17.4. The zero-order valence-corrected chi connectivity index (χ0v) is 19.8. The standard InChI is InChI=1S/C25H29N3O6/c1-5-34-20-11-10-18(14-16(20)2)23(29)21-22(17-8-6-9-19(15-17)28(32)33)27(25(31)24(21)30)13-7-12-26(3)4/h6,8-11,14-15,22,29H,5,7,12-13H2,1-4H3/t22-/m0/s1. The van der Waals surface area contributed by atoms with E-state index < -0.39 is 22.7 Å². The van der Waals surface area contributed by atoms with Crippen LogP contribution in [0.2, 0.25) is 0 Å². The molecule has 1 aliphatic rings. The second-order valence-electron chi connectivity index (χ2n) is 8.41. The fraction of sp³-hybridized carbons (Fsp3) is 0.360. The fourth-order valence-electron chi connectivity index (χ4n) is 4.09. The molecule has 9 nitrogen and oxygen atoms in total. The van der Waals surface area contributed by atoms with Gasteiger partial charge in [0.25, 0.3) is 17.4 Å². The number of non-ortho nitro benzene ring substituents is 1. The molecule has 1 heterocycles. The van der Waals surface area contributed by atoms with Gasteiger partial charge >= 0.3 is 0 Å². The van der Waals surface area contributed by atoms with Crippen LogP contribution in [0.4, 0.5) is 5.69 Å². The summed E-state index contributed by atoms with van der Waals surface area (Å²) in [6.07, 6.45) is 0.591. The van der Waals surface area contributed by atoms with E-state index in [0.717, 1.165) is 5.56 Å². The van der Waals surface area contributed by atoms with E-state index in [0.29, 0.717) is 36.4 Å². The maximum absolute atomic E-state index is 13.1. The Morgan fingerprint density at radius 2 is 1.94 bits per heavy atom. The molecule has 1 saturated heterocycles. The number of aryl methyl sites for hydroxylation is 1. The van der Waals surface area contributed by atoms with Crippen molar-refractivity contribution in [2.24, 2.45) is 0 Å². The van der Waals surface area contributed by atoms with Crippen molar-refractivity contribution in [3.05, 3.63) is 74.8 Å². The number of ketones is 1. The summed E-state index contributed by atoms with van der Waals surface area (Å²) < 4.78 is 5.55. The molecule has 2 aromatic carbocycles. The highest BCUT2D eigenvalue weighted by atomic mass is 16.6. The van der Waals surface area contributed by atoms with Crippen LogP contribution >= 0.6 is 0 Å². The first kappa shape index (κ1) is 24.9. The van der Waals surface area contributed by atoms with Crippen LogP contribution in [0.5, 0.6) is 5.75 Å². The van der Waals surface area contributed by atoms with E-state index in [1.54, 1.807) is 24.3 Å². The Hall–Kier alpha value is -3.72. The Morgan fingerprint density at radius 3 is 2.56 bits per heavy atom. The van der Waals surface area contributed by atoms with Gasteiger partial charge in [0.05, 0.1) is 23.1 Å². The molecule has 9 heteroatoms. The van der Waals surface area contributed by atoms with Crippen molar-refractivity contribution in [1.82, 2.24) is 9.80 Å². The molecule has 34 heavy (non-hydrogen) atoms. The van der Waals surface area contributed by atoms with Gasteiger partial charge in [0.1, 0.15) is 11.5 Å². The van der Waals surface area contributed by atoms with Crippen molar-refractivity contribution in [3.63, 3.8) is 0 Å². The van der Waals surface area contributed by atoms with E-state index in [2.05, 4.69) is 0 Å². The number of aliphatic hydroxyl groups excluding tert-OH is 1. The first-order chi connectivity index (χ1) is 16.1. The van der Waals surface area contributed by atoms with E-state index in [4.69, 9.17) is 4.74 Å². The second kappa shape index (κ2) is 10.5. The van der Waals surface area contributed by atoms with Crippen molar-refractivity contribution in [1.29, 1.82) is 0 Å². The molecule has 2 aromatic rings. The summed E-state index contributed by atoms with van der Waals surface area (Å²) in [6, 6.07) is 9.89. The van der Waals surface area contributed by atoms with Crippen LogP contribution in [0, 0.1) is 17.0 Å². The molecule has 0 radical (unpaired) electrons. The summed E-state index contributed by atoms with van der Waals surface area (Å²) in [5, 5.41) is 22.6. The van der Waals surface area contributed by atoms with Gasteiger partial charge in [-0.05, 0) is 70.2 Å². The van der Waals surface area contributed by atoms with Crippen LogP contribution in [0.3, 0.4) is 0 Å². The summed E-state index contributed by atoms with van der Waals surface area (Å²) in [6.45, 7) is 5.11. The average Bonchev–Trinajstić information content (AvgIpc) is 3.05. The minimum Gasteiger partial charge on any atom is -0.507 e. The Bertz CT molecular complexity index is 1140. The monoisotopic (exact) mass is 467 g/mol. The van der Waals surface area contributed by atoms with Crippen molar-refractivity contribution < 1.29 is 24.4 Å². The highest BCUT2D eigenvalue weighted by Crippen LogP contribution is 2.40. The van der Waals surface area contributed by atoms with Crippen molar-refractivity contribution >= 4 is 23.1 Å². The highest BCUT2D eigenvalue weighted by Gasteiger charge is 2.46. The number of carbonyl (C=O) groups excluding carboxylic acids is 2. The van der Waals surface area contributed by atoms with Gasteiger partial charge < -0.3 is 19.6 Å². The van der Waals surface area contributed by atoms with E-state index in [9.17, 15) is 24.8 Å². The Labute approximate surface area is 198 Å². The summed E-state index contributed by atoms with van der Waals surface area (Å²) in [5.74, 6) is -1.22. The molecular formula is C25H29N3O6. The van der Waals surface area contributed by atoms with Gasteiger partial charge in [0.15, 0.2) is 0 Å². The third-order valence-electron chi connectivity index (χ3n) is 5.69. The molecule has 1 aliphatic heterocycles. The lowest BCUT2D eigenvalue weighted by Gasteiger charge is -2.26. The average molecular weight is 468 g/mol. The quantitative estimate of drug-likeness (QED) is 0.197. The molecule has 0 saturated carbocycles. The molecular weight excluding hydrogens is 438 g/mol. The third-order valence-corrected chi connectivity index (χ3v) is 5.69. The number of aliphatic hydroxyl groups is 1. The molecule has 3 rings (SSSR count). The first-order valence-electron chi connectivity index (χ1n) is 11.1. The zero-order chi connectivity index (χ0) is 25.0. The van der Waals surface area contributed by atoms with E-state index >= 15 is 0 Å². The van der Waals surface area contributed by atoms with Gasteiger partial charge in [-0.2, -0.15) is 0 Å². The van der Waals surface area contributed by atoms with E-state index in [1.807, 2.05) is 32.8 Å². The topological polar surface area (TPSA) is 113 Å². The summed E-state index contributed by atoms with van der Waals surface area (Å²) in [4.78, 5) is 40.3. The molecule has 0 aromatic heterocycles. The molecule has 180 valence electrons. The first-order valence-corrected chi connectivity index (χ1v) is 11.1. The number of nitro groups is 1. The summed E-state index contributed by atoms with van der Waals surface area (Å²) >= 11 is 0. The molecule has 1 atom stereocenters. The van der Waals surface area contributed by atoms with Crippen LogP contribution in [0.25, 0.3) is 5.76 Å². The van der Waals surface area contributed by atoms with Gasteiger partial charge in [-0.3, -0.25) is 19.7 Å². The second-order valence-corrected chi connectivity index (χ2v) is 8.41. The Morgan fingerprint density at radius 1 is 1.21 bits per heavy atom. The smallest absolute Gasteiger partial charge is 0.295 e. The van der Waals surface area contributed by atoms with Crippen LogP contribution in [-0.2, 0) is 9.59 Å². The van der Waals surface area contributed by atoms with Gasteiger partial charge in [0, 0.05) is 24.2 Å². The summed E-state index contributed by atoms with van der Waals surface area (Å²) in [5.41, 5.74) is 1.27. The van der Waals surface area contributed by atoms with E-state index in [-0.39, 0.29) is 23.6 Å². The lowest BCUT2D eigenvalue weighted by atomic mass is 9.94. The van der Waals surface area contributed by atoms with Gasteiger partial charge in [0.2, 0.25) is 0 Å². The molecule has 0 spiro atoms. The number of ether oxygens (including phenoxy) is 1. The number of nitrogens with zero attached hydrogens (tertiary/aromatic N) is 3. The zero-order valence-electron chi connectivity index (χ0n) is 19.8. The number of likely N-dealkylation sites (tertiary alicyclic amines) is 1. The molecule has 1 fully saturated rings. The molecule has 0 aliphatic carbocycles. The number of Topliss-reactive ketones (excluding diaryl/α,β-unsaturated/α-hetero) is 1. The fourth-order valence-corrected chi connectivity index (χ4v) is 4.09. The van der Waals surface area contributed by atoms with Gasteiger partial charge in [-0.15, -0.1) is 0 Å². The molecule has 0 bridgehead atoms. The van der Waals surface area contributed by atoms with Crippen molar-refractivity contribution in [2.45, 2.75) is 26.3 Å². The maximum atomic E-state index is 13.1. The number of benzene rings is 2. The summed E-state index contributed by atoms with van der Waals surface area (Å²) in [7, 11) is 3.81. The number of rotatable bonds is 9. The maximum Gasteiger partial charge on any atom is 0.295 e. The van der Waals surface area contributed by atoms with Gasteiger partial charge in [-0.25, -0.2) is 0 Å². The SMILES string of the molecule is CCOc1ccc(C(O)=C2C(=O)C(=O)N(CCCN(C)C)[C@H]2c2cccc([N+](=O)[O-])c2)cc1C. The number of carbonyl (C=O) groups is 2. The minimum absolute atomic E-state index is 0.0843. The number of hydrogen-bond acceptors (Lipinski definition) is 7. The molecule has 1 N–H and O–H groups in total. The number of hydrogen-bond donors (Lipinski definition) is 1. The number of nitro benzene ring substituents is 1. The lowest BCUT2D eigenvalue weighted by molar-refractivity contribution is -0.384. The van der Waals surface area contributed by atoms with Crippen LogP contribution in [0.15, 0.2) is 48.0 Å². The van der Waals surface area contributed by atoms with Crippen molar-refractivity contribution in [3.8, 4) is 5.75 Å². The van der Waals surface area contributed by atoms with Crippen LogP contribution < -0.4 is 4.74 Å². The van der Waals surface area contributed by atoms with Crippen LogP contribution in [-0.4, -0.2) is 65.3 Å². The predicted molar refractivity (Wildman–Crippen MR) is 128 cm³/mol. The highest BCUT2D eigenvalue weighted by molar-refractivity contribution is 6.46. The largest absolute Gasteiger partial charge is 0.507 e. The third kappa shape index (κ3) is 5.09. The van der Waals surface area contributed by atoms with Crippen molar-refractivity contribution in [2.75, 3.05) is 33.8 Å². The Kier molecular flexibility index (Phi) is 7.68. The van der Waals surface area contributed by atoms with Crippen LogP contribution in [0.1, 0.15) is 36.1 Å². The minimum atomic E-state index is -0.936. The molecule has 0 unspecified atom stereocenters. The van der Waals surface area contributed by atoms with E-state index in [1.165, 1.54) is 23.1 Å². The lowest BCUT2D eigenvalue weighted by Crippen LogP contribution is -2.32. The molecule has 1 amide bonds. The Balaban J connectivity index is 2.13. The predicted octanol–water partition coefficient (Wildman–Crippen LogP) is 3.68.